The number of pyridine rings is 1. The molecule has 1 aromatic heterocycles. The Morgan fingerprint density at radius 3 is 2.47 bits per heavy atom. The smallest absolute Gasteiger partial charge is 0.0752 e. The van der Waals surface area contributed by atoms with Crippen molar-refractivity contribution in [1.82, 2.24) is 10.3 Å². The van der Waals surface area contributed by atoms with Gasteiger partial charge in [-0.3, -0.25) is 4.98 Å². The van der Waals surface area contributed by atoms with Crippen LogP contribution in [0, 0.1) is 0 Å². The van der Waals surface area contributed by atoms with Crippen molar-refractivity contribution < 1.29 is 5.11 Å². The zero-order valence-electron chi connectivity index (χ0n) is 11.2. The molecule has 2 unspecified atom stereocenters. The molecule has 2 rings (SSSR count). The molecule has 0 radical (unpaired) electrons. The molecule has 1 aromatic carbocycles. The first-order valence-electron chi connectivity index (χ1n) is 6.68. The topological polar surface area (TPSA) is 45.1 Å². The van der Waals surface area contributed by atoms with Crippen LogP contribution in [0.1, 0.15) is 30.6 Å². The van der Waals surface area contributed by atoms with E-state index >= 15 is 0 Å². The normalized spacial score (nSPS) is 14.0. The molecule has 3 heteroatoms. The van der Waals surface area contributed by atoms with Crippen LogP contribution < -0.4 is 5.32 Å². The molecule has 0 saturated carbocycles. The zero-order chi connectivity index (χ0) is 13.5. The summed E-state index contributed by atoms with van der Waals surface area (Å²) in [6.07, 6.45) is 2.22. The fourth-order valence-corrected chi connectivity index (χ4v) is 1.98. The lowest BCUT2D eigenvalue weighted by Gasteiger charge is -2.20. The van der Waals surface area contributed by atoms with Crippen molar-refractivity contribution in [2.45, 2.75) is 25.5 Å². The van der Waals surface area contributed by atoms with Gasteiger partial charge in [-0.15, -0.1) is 0 Å². The fourth-order valence-electron chi connectivity index (χ4n) is 1.98. The van der Waals surface area contributed by atoms with Crippen molar-refractivity contribution in [3.8, 4) is 0 Å². The van der Waals surface area contributed by atoms with E-state index in [0.29, 0.717) is 6.54 Å². The largest absolute Gasteiger partial charge is 0.392 e. The molecule has 0 aliphatic rings. The van der Waals surface area contributed by atoms with E-state index in [1.165, 1.54) is 0 Å². The van der Waals surface area contributed by atoms with Gasteiger partial charge in [0.1, 0.15) is 0 Å². The molecule has 2 atom stereocenters. The Labute approximate surface area is 114 Å². The molecule has 100 valence electrons. The van der Waals surface area contributed by atoms with Gasteiger partial charge >= 0.3 is 0 Å². The number of nitrogens with one attached hydrogen (secondary N) is 1. The van der Waals surface area contributed by atoms with Crippen molar-refractivity contribution in [3.63, 3.8) is 0 Å². The first-order chi connectivity index (χ1) is 9.31. The monoisotopic (exact) mass is 256 g/mol. The van der Waals surface area contributed by atoms with Gasteiger partial charge in [-0.05, 0) is 24.1 Å². The summed E-state index contributed by atoms with van der Waals surface area (Å²) in [6, 6.07) is 16.1. The van der Waals surface area contributed by atoms with Crippen molar-refractivity contribution in [1.29, 1.82) is 0 Å². The Bertz CT molecular complexity index is 433. The SMILES string of the molecule is CCC(O)CNC(c1ccccc1)c1ccccn1. The van der Waals surface area contributed by atoms with Crippen LogP contribution in [0.3, 0.4) is 0 Å². The molecule has 0 saturated heterocycles. The molecule has 0 fully saturated rings. The number of benzene rings is 1. The second-order valence-electron chi connectivity index (χ2n) is 4.57. The van der Waals surface area contributed by atoms with Crippen molar-refractivity contribution in [3.05, 3.63) is 66.0 Å². The molecule has 0 aliphatic heterocycles. The fraction of sp³-hybridized carbons (Fsp3) is 0.312. The summed E-state index contributed by atoms with van der Waals surface area (Å²) < 4.78 is 0. The molecule has 0 aliphatic carbocycles. The van der Waals surface area contributed by atoms with Gasteiger partial charge in [0.15, 0.2) is 0 Å². The number of hydrogen-bond donors (Lipinski definition) is 2. The van der Waals surface area contributed by atoms with Crippen molar-refractivity contribution in [2.24, 2.45) is 0 Å². The maximum Gasteiger partial charge on any atom is 0.0752 e. The highest BCUT2D eigenvalue weighted by Gasteiger charge is 2.15. The minimum Gasteiger partial charge on any atom is -0.392 e. The van der Waals surface area contributed by atoms with Gasteiger partial charge in [-0.2, -0.15) is 0 Å². The first-order valence-corrected chi connectivity index (χ1v) is 6.68. The highest BCUT2D eigenvalue weighted by Crippen LogP contribution is 2.19. The summed E-state index contributed by atoms with van der Waals surface area (Å²) in [6.45, 7) is 2.54. The average molecular weight is 256 g/mol. The third-order valence-corrected chi connectivity index (χ3v) is 3.15. The second-order valence-corrected chi connectivity index (χ2v) is 4.57. The summed E-state index contributed by atoms with van der Waals surface area (Å²) in [5.74, 6) is 0. The van der Waals surface area contributed by atoms with Gasteiger partial charge in [-0.1, -0.05) is 43.3 Å². The Kier molecular flexibility index (Phi) is 5.07. The molecule has 1 heterocycles. The lowest BCUT2D eigenvalue weighted by atomic mass is 10.0. The van der Waals surface area contributed by atoms with Crippen LogP contribution in [-0.2, 0) is 0 Å². The minimum absolute atomic E-state index is 0.0172. The Morgan fingerprint density at radius 1 is 1.11 bits per heavy atom. The zero-order valence-corrected chi connectivity index (χ0v) is 11.2. The number of aromatic nitrogens is 1. The Balaban J connectivity index is 2.19. The van der Waals surface area contributed by atoms with Crippen LogP contribution in [0.5, 0.6) is 0 Å². The number of aliphatic hydroxyl groups excluding tert-OH is 1. The maximum atomic E-state index is 9.72. The minimum atomic E-state index is -0.324. The van der Waals surface area contributed by atoms with Gasteiger partial charge < -0.3 is 10.4 Å². The summed E-state index contributed by atoms with van der Waals surface area (Å²) >= 11 is 0. The number of rotatable bonds is 6. The van der Waals surface area contributed by atoms with E-state index < -0.39 is 0 Å². The second kappa shape index (κ2) is 7.02. The molecular formula is C16H20N2O. The van der Waals surface area contributed by atoms with Crippen LogP contribution in [0.15, 0.2) is 54.7 Å². The van der Waals surface area contributed by atoms with Crippen LogP contribution in [0.2, 0.25) is 0 Å². The highest BCUT2D eigenvalue weighted by molar-refractivity contribution is 5.27. The molecule has 2 N–H and O–H groups in total. The Hall–Kier alpha value is -1.71. The van der Waals surface area contributed by atoms with E-state index in [9.17, 15) is 5.11 Å². The number of aliphatic hydroxyl groups is 1. The lowest BCUT2D eigenvalue weighted by molar-refractivity contribution is 0.164. The van der Waals surface area contributed by atoms with E-state index in [0.717, 1.165) is 17.7 Å². The molecule has 0 spiro atoms. The summed E-state index contributed by atoms with van der Waals surface area (Å²) in [5, 5.41) is 13.1. The van der Waals surface area contributed by atoms with Crippen LogP contribution in [0.25, 0.3) is 0 Å². The summed E-state index contributed by atoms with van der Waals surface area (Å²) in [5.41, 5.74) is 2.13. The predicted molar refractivity (Wildman–Crippen MR) is 76.8 cm³/mol. The maximum absolute atomic E-state index is 9.72. The molecule has 19 heavy (non-hydrogen) atoms. The summed E-state index contributed by atoms with van der Waals surface area (Å²) in [7, 11) is 0. The molecule has 3 nitrogen and oxygen atoms in total. The van der Waals surface area contributed by atoms with E-state index in [-0.39, 0.29) is 12.1 Å². The van der Waals surface area contributed by atoms with Crippen LogP contribution in [-0.4, -0.2) is 22.7 Å². The van der Waals surface area contributed by atoms with E-state index in [4.69, 9.17) is 0 Å². The van der Waals surface area contributed by atoms with Crippen molar-refractivity contribution >= 4 is 0 Å². The van der Waals surface area contributed by atoms with Crippen molar-refractivity contribution in [2.75, 3.05) is 6.54 Å². The van der Waals surface area contributed by atoms with Gasteiger partial charge in [0.2, 0.25) is 0 Å². The van der Waals surface area contributed by atoms with Crippen LogP contribution >= 0.6 is 0 Å². The molecular weight excluding hydrogens is 236 g/mol. The van der Waals surface area contributed by atoms with Gasteiger partial charge in [0.05, 0.1) is 17.8 Å². The third-order valence-electron chi connectivity index (χ3n) is 3.15. The molecule has 0 bridgehead atoms. The Morgan fingerprint density at radius 2 is 1.84 bits per heavy atom. The van der Waals surface area contributed by atoms with E-state index in [1.54, 1.807) is 6.20 Å². The van der Waals surface area contributed by atoms with Gasteiger partial charge in [0, 0.05) is 12.7 Å². The van der Waals surface area contributed by atoms with E-state index in [1.807, 2.05) is 43.3 Å². The lowest BCUT2D eigenvalue weighted by Crippen LogP contribution is -2.31. The molecule has 0 amide bonds. The number of hydrogen-bond acceptors (Lipinski definition) is 3. The first kappa shape index (κ1) is 13.7. The quantitative estimate of drug-likeness (QED) is 0.835. The standard InChI is InChI=1S/C16H20N2O/c1-2-14(19)12-18-16(13-8-4-3-5-9-13)15-10-6-7-11-17-15/h3-11,14,16,18-19H,2,12H2,1H3. The summed E-state index contributed by atoms with van der Waals surface area (Å²) in [4.78, 5) is 4.42. The molecule has 2 aromatic rings. The van der Waals surface area contributed by atoms with Gasteiger partial charge in [0.25, 0.3) is 0 Å². The number of nitrogens with zero attached hydrogens (tertiary/aromatic N) is 1. The predicted octanol–water partition coefficient (Wildman–Crippen LogP) is 2.53. The average Bonchev–Trinajstić information content (AvgIpc) is 2.49. The highest BCUT2D eigenvalue weighted by atomic mass is 16.3. The van der Waals surface area contributed by atoms with E-state index in [2.05, 4.69) is 22.4 Å². The van der Waals surface area contributed by atoms with Crippen LogP contribution in [0.4, 0.5) is 0 Å². The van der Waals surface area contributed by atoms with Gasteiger partial charge in [-0.25, -0.2) is 0 Å². The third kappa shape index (κ3) is 3.88.